The van der Waals surface area contributed by atoms with Crippen molar-refractivity contribution in [3.63, 3.8) is 0 Å². The minimum atomic E-state index is -0.432. The number of amides is 1. The van der Waals surface area contributed by atoms with Crippen LogP contribution in [0.1, 0.15) is 49.6 Å². The van der Waals surface area contributed by atoms with Crippen LogP contribution in [0.15, 0.2) is 97.1 Å². The molecule has 2 aromatic carbocycles. The van der Waals surface area contributed by atoms with Crippen LogP contribution in [-0.2, 0) is 16.6 Å². The second-order valence-corrected chi connectivity index (χ2v) is 11.4. The van der Waals surface area contributed by atoms with Gasteiger partial charge < -0.3 is 9.80 Å². The van der Waals surface area contributed by atoms with Crippen LogP contribution in [0.25, 0.3) is 0 Å². The first-order valence-electron chi connectivity index (χ1n) is 14.7. The van der Waals surface area contributed by atoms with Crippen LogP contribution in [0, 0.1) is 11.3 Å². The highest BCUT2D eigenvalue weighted by Gasteiger charge is 2.44. The molecule has 216 valence electrons. The van der Waals surface area contributed by atoms with Gasteiger partial charge in [-0.3, -0.25) is 4.79 Å². The first-order valence-corrected chi connectivity index (χ1v) is 14.7. The summed E-state index contributed by atoms with van der Waals surface area (Å²) in [5.41, 5.74) is 1.99. The molecule has 1 aliphatic heterocycles. The molecular weight excluding hydrogens is 508 g/mol. The van der Waals surface area contributed by atoms with Gasteiger partial charge in [0.05, 0.1) is 10.8 Å². The molecule has 1 fully saturated rings. The lowest BCUT2D eigenvalue weighted by Crippen LogP contribution is -2.46. The lowest BCUT2D eigenvalue weighted by atomic mass is 9.67. The van der Waals surface area contributed by atoms with Crippen LogP contribution in [0.3, 0.4) is 0 Å². The molecule has 7 heteroatoms. The van der Waals surface area contributed by atoms with E-state index < -0.39 is 5.41 Å². The third kappa shape index (κ3) is 7.09. The summed E-state index contributed by atoms with van der Waals surface area (Å²) in [6.45, 7) is 4.28. The molecule has 1 amide bonds. The van der Waals surface area contributed by atoms with E-state index in [1.54, 1.807) is 4.90 Å². The summed E-state index contributed by atoms with van der Waals surface area (Å²) in [5, 5.41) is 14.8. The van der Waals surface area contributed by atoms with Gasteiger partial charge in [0.1, 0.15) is 0 Å². The highest BCUT2D eigenvalue weighted by Crippen LogP contribution is 2.41. The van der Waals surface area contributed by atoms with Crippen molar-refractivity contribution in [2.45, 2.75) is 44.4 Å². The zero-order valence-electron chi connectivity index (χ0n) is 24.9. The van der Waals surface area contributed by atoms with Gasteiger partial charge in [-0.2, -0.15) is 5.21 Å². The molecule has 7 nitrogen and oxygen atoms in total. The fraction of sp³-hybridized carbons (Fsp3) is 0.412. The van der Waals surface area contributed by atoms with Crippen molar-refractivity contribution in [1.82, 2.24) is 30.4 Å². The maximum Gasteiger partial charge on any atom is 0.229 e. The topological polar surface area (TPSA) is 78.0 Å². The van der Waals surface area contributed by atoms with E-state index in [1.165, 1.54) is 11.1 Å². The molecule has 2 heterocycles. The van der Waals surface area contributed by atoms with Gasteiger partial charge >= 0.3 is 0 Å². The number of hydrogen-bond donors (Lipinski definition) is 1. The van der Waals surface area contributed by atoms with Crippen molar-refractivity contribution in [2.75, 3.05) is 34.2 Å². The minimum absolute atomic E-state index is 0.0826. The number of aromatic nitrogens is 4. The zero-order chi connectivity index (χ0) is 29.1. The molecule has 1 aromatic heterocycles. The molecule has 41 heavy (non-hydrogen) atoms. The molecule has 5 rings (SSSR count). The van der Waals surface area contributed by atoms with Gasteiger partial charge in [0.15, 0.2) is 5.82 Å². The largest absolute Gasteiger partial charge is 0.348 e. The molecule has 1 saturated heterocycles. The fourth-order valence-corrected chi connectivity index (χ4v) is 6.24. The van der Waals surface area contributed by atoms with Crippen molar-refractivity contribution in [2.24, 2.45) is 11.3 Å². The van der Waals surface area contributed by atoms with E-state index in [0.29, 0.717) is 0 Å². The maximum absolute atomic E-state index is 13.2. The molecule has 1 N–H and O–H groups in total. The van der Waals surface area contributed by atoms with Crippen molar-refractivity contribution < 1.29 is 4.79 Å². The number of rotatable bonds is 8. The van der Waals surface area contributed by atoms with E-state index in [2.05, 4.69) is 100 Å². The Kier molecular flexibility index (Phi) is 10.4. The number of carbonyl (C=O) groups is 1. The van der Waals surface area contributed by atoms with Gasteiger partial charge in [-0.1, -0.05) is 116 Å². The first kappa shape index (κ1) is 30.1. The summed E-state index contributed by atoms with van der Waals surface area (Å²) in [7, 11) is 5.88. The summed E-state index contributed by atoms with van der Waals surface area (Å²) < 4.78 is 0. The van der Waals surface area contributed by atoms with Gasteiger partial charge in [0.25, 0.3) is 0 Å². The number of allylic oxidation sites excluding steroid dienone is 6. The number of nitrogens with zero attached hydrogens (tertiary/aromatic N) is 5. The SMILES string of the molecule is CCCC(Cc1ccccc1)(C(=O)N(C)C)C1C=CC=CC=C1.CN1CCC(c2ccccc2)(c2nn[nH]n2)CC1. The van der Waals surface area contributed by atoms with Crippen LogP contribution >= 0.6 is 0 Å². The van der Waals surface area contributed by atoms with Crippen LogP contribution < -0.4 is 0 Å². The summed E-state index contributed by atoms with van der Waals surface area (Å²) in [4.78, 5) is 17.3. The molecule has 1 unspecified atom stereocenters. The highest BCUT2D eigenvalue weighted by atomic mass is 16.2. The Morgan fingerprint density at radius 2 is 1.59 bits per heavy atom. The predicted molar refractivity (Wildman–Crippen MR) is 165 cm³/mol. The van der Waals surface area contributed by atoms with E-state index >= 15 is 0 Å². The molecule has 3 aromatic rings. The molecule has 1 aliphatic carbocycles. The number of likely N-dealkylation sites (tertiary alicyclic amines) is 1. The lowest BCUT2D eigenvalue weighted by Gasteiger charge is -2.39. The highest BCUT2D eigenvalue weighted by molar-refractivity contribution is 5.83. The third-order valence-corrected chi connectivity index (χ3v) is 8.44. The molecule has 0 saturated carbocycles. The van der Waals surface area contributed by atoms with E-state index in [-0.39, 0.29) is 17.2 Å². The Balaban J connectivity index is 0.000000194. The molecule has 2 aliphatic rings. The van der Waals surface area contributed by atoms with Gasteiger partial charge in [-0.15, -0.1) is 10.2 Å². The van der Waals surface area contributed by atoms with E-state index in [1.807, 2.05) is 50.5 Å². The smallest absolute Gasteiger partial charge is 0.229 e. The first-order chi connectivity index (χ1) is 19.9. The van der Waals surface area contributed by atoms with Gasteiger partial charge in [-0.05, 0) is 56.9 Å². The number of piperidine rings is 1. The Labute approximate surface area is 245 Å². The number of aromatic amines is 1. The second kappa shape index (κ2) is 14.2. The van der Waals surface area contributed by atoms with Crippen molar-refractivity contribution in [1.29, 1.82) is 0 Å². The number of benzene rings is 2. The average molecular weight is 553 g/mol. The van der Waals surface area contributed by atoms with Crippen molar-refractivity contribution in [3.8, 4) is 0 Å². The summed E-state index contributed by atoms with van der Waals surface area (Å²) in [5.74, 6) is 1.14. The Morgan fingerprint density at radius 3 is 2.12 bits per heavy atom. The van der Waals surface area contributed by atoms with Crippen molar-refractivity contribution >= 4 is 5.91 Å². The predicted octanol–water partition coefficient (Wildman–Crippen LogP) is 5.61. The van der Waals surface area contributed by atoms with Crippen molar-refractivity contribution in [3.05, 3.63) is 114 Å². The molecule has 0 radical (unpaired) electrons. The van der Waals surface area contributed by atoms with Crippen LogP contribution in [0.2, 0.25) is 0 Å². The minimum Gasteiger partial charge on any atom is -0.348 e. The quantitative estimate of drug-likeness (QED) is 0.393. The maximum atomic E-state index is 13.2. The Bertz CT molecular complexity index is 1280. The average Bonchev–Trinajstić information content (AvgIpc) is 3.41. The summed E-state index contributed by atoms with van der Waals surface area (Å²) in [6, 6.07) is 20.9. The number of tetrazole rings is 1. The number of nitrogens with one attached hydrogen (secondary N) is 1. The number of H-pyrrole nitrogens is 1. The number of hydrogen-bond acceptors (Lipinski definition) is 5. The molecule has 0 bridgehead atoms. The zero-order valence-corrected chi connectivity index (χ0v) is 24.9. The Hall–Kier alpha value is -3.84. The van der Waals surface area contributed by atoms with E-state index in [4.69, 9.17) is 0 Å². The lowest BCUT2D eigenvalue weighted by molar-refractivity contribution is -0.141. The molecule has 0 spiro atoms. The monoisotopic (exact) mass is 552 g/mol. The molecular formula is C34H44N6O. The van der Waals surface area contributed by atoms with Gasteiger partial charge in [0.2, 0.25) is 5.91 Å². The number of carbonyl (C=O) groups excluding carboxylic acids is 1. The van der Waals surface area contributed by atoms with E-state index in [9.17, 15) is 4.79 Å². The Morgan fingerprint density at radius 1 is 0.976 bits per heavy atom. The summed E-state index contributed by atoms with van der Waals surface area (Å²) >= 11 is 0. The fourth-order valence-electron chi connectivity index (χ4n) is 6.24. The summed E-state index contributed by atoms with van der Waals surface area (Å²) in [6.07, 6.45) is 17.2. The second-order valence-electron chi connectivity index (χ2n) is 11.4. The molecule has 1 atom stereocenters. The van der Waals surface area contributed by atoms with Crippen LogP contribution in [0.5, 0.6) is 0 Å². The third-order valence-electron chi connectivity index (χ3n) is 8.44. The van der Waals surface area contributed by atoms with E-state index in [0.717, 1.165) is 51.0 Å². The standard InChI is InChI=1S/C21H27NO.C13H17N5/c1-4-16-21(20(23)22(2)3,17-18-12-8-7-9-13-18)19-14-10-5-6-11-15-19;1-18-9-7-13(8-10-18,12-14-16-17-15-12)11-5-3-2-4-6-11/h5-15,19H,4,16-17H2,1-3H3;2-6H,7-10H2,1H3,(H,14,15,16,17). The van der Waals surface area contributed by atoms with Gasteiger partial charge in [0, 0.05) is 20.0 Å². The normalized spacial score (nSPS) is 18.1. The van der Waals surface area contributed by atoms with Crippen LogP contribution in [0.4, 0.5) is 0 Å². The van der Waals surface area contributed by atoms with Crippen LogP contribution in [-0.4, -0.2) is 70.6 Å². The van der Waals surface area contributed by atoms with Gasteiger partial charge in [-0.25, -0.2) is 0 Å².